The summed E-state index contributed by atoms with van der Waals surface area (Å²) in [6.07, 6.45) is 3.23. The Morgan fingerprint density at radius 2 is 1.80 bits per heavy atom. The fourth-order valence-corrected chi connectivity index (χ4v) is 2.99. The Morgan fingerprint density at radius 1 is 1.12 bits per heavy atom. The van der Waals surface area contributed by atoms with Gasteiger partial charge in [-0.25, -0.2) is 4.79 Å². The first-order valence-electron chi connectivity index (χ1n) is 8.10. The second kappa shape index (κ2) is 8.43. The molecule has 2 aliphatic heterocycles. The molecule has 1 aromatic rings. The van der Waals surface area contributed by atoms with Crippen molar-refractivity contribution in [1.82, 2.24) is 5.32 Å². The summed E-state index contributed by atoms with van der Waals surface area (Å²) in [6.45, 7) is 1.53. The van der Waals surface area contributed by atoms with Crippen molar-refractivity contribution in [3.8, 4) is 0 Å². The first-order chi connectivity index (χ1) is 11.9. The molecule has 0 aliphatic carbocycles. The maximum Gasteiger partial charge on any atom is 0.326 e. The third-order valence-corrected chi connectivity index (χ3v) is 4.29. The number of benzene rings is 1. The number of hydrogen-bond acceptors (Lipinski definition) is 6. The van der Waals surface area contributed by atoms with Crippen LogP contribution in [0.2, 0.25) is 0 Å². The van der Waals surface area contributed by atoms with Crippen LogP contribution in [0.4, 0.5) is 11.4 Å². The Bertz CT molecular complexity index is 627. The van der Waals surface area contributed by atoms with Gasteiger partial charge in [0.25, 0.3) is 5.69 Å². The molecule has 136 valence electrons. The molecule has 0 radical (unpaired) electrons. The van der Waals surface area contributed by atoms with Gasteiger partial charge in [0.15, 0.2) is 0 Å². The standard InChI is InChI=1S/C11H12N2O4.C5H9NO2/c14-11(15)10-2-1-7-12(10)8-3-5-9(6-4-8)13(16)17;7-5(8)4-2-1-3-6-4/h3-6,10H,1-2,7H2,(H,14,15);4,6H,1-3H2,(H,7,8)/t10-;4-/m10/s1. The van der Waals surface area contributed by atoms with Crippen molar-refractivity contribution in [3.05, 3.63) is 34.4 Å². The minimum Gasteiger partial charge on any atom is -0.480 e. The number of hydrogen-bond donors (Lipinski definition) is 3. The molecule has 25 heavy (non-hydrogen) atoms. The molecule has 0 saturated carbocycles. The van der Waals surface area contributed by atoms with Gasteiger partial charge in [0.05, 0.1) is 4.92 Å². The van der Waals surface area contributed by atoms with Crippen molar-refractivity contribution in [1.29, 1.82) is 0 Å². The molecule has 2 saturated heterocycles. The molecule has 0 unspecified atom stereocenters. The number of nitrogens with one attached hydrogen (secondary N) is 1. The average molecular weight is 351 g/mol. The lowest BCUT2D eigenvalue weighted by Crippen LogP contribution is -2.35. The summed E-state index contributed by atoms with van der Waals surface area (Å²) < 4.78 is 0. The Morgan fingerprint density at radius 3 is 2.24 bits per heavy atom. The minimum absolute atomic E-state index is 0.0137. The highest BCUT2D eigenvalue weighted by molar-refractivity contribution is 5.79. The van der Waals surface area contributed by atoms with E-state index in [4.69, 9.17) is 10.2 Å². The Balaban J connectivity index is 0.000000236. The minimum atomic E-state index is -0.846. The van der Waals surface area contributed by atoms with Gasteiger partial charge in [0.1, 0.15) is 12.1 Å². The van der Waals surface area contributed by atoms with Crippen molar-refractivity contribution in [2.24, 2.45) is 0 Å². The molecule has 1 aromatic carbocycles. The van der Waals surface area contributed by atoms with Crippen molar-refractivity contribution in [2.75, 3.05) is 18.0 Å². The van der Waals surface area contributed by atoms with Crippen LogP contribution in [0, 0.1) is 10.1 Å². The van der Waals surface area contributed by atoms with Gasteiger partial charge in [-0.3, -0.25) is 14.9 Å². The monoisotopic (exact) mass is 351 g/mol. The fraction of sp³-hybridized carbons (Fsp3) is 0.500. The topological polar surface area (TPSA) is 133 Å². The van der Waals surface area contributed by atoms with E-state index in [9.17, 15) is 19.7 Å². The van der Waals surface area contributed by atoms with E-state index in [0.717, 1.165) is 31.5 Å². The lowest BCUT2D eigenvalue weighted by molar-refractivity contribution is -0.384. The number of nitro groups is 1. The molecular formula is C16H21N3O6. The van der Waals surface area contributed by atoms with Crippen molar-refractivity contribution >= 4 is 23.3 Å². The van der Waals surface area contributed by atoms with Crippen LogP contribution >= 0.6 is 0 Å². The number of anilines is 1. The van der Waals surface area contributed by atoms with Crippen molar-refractivity contribution < 1.29 is 24.7 Å². The average Bonchev–Trinajstić information content (AvgIpc) is 3.27. The second-order valence-electron chi connectivity index (χ2n) is 5.95. The highest BCUT2D eigenvalue weighted by atomic mass is 16.6. The summed E-state index contributed by atoms with van der Waals surface area (Å²) in [5, 5.41) is 30.7. The molecule has 2 atom stereocenters. The van der Waals surface area contributed by atoms with Crippen molar-refractivity contribution in [3.63, 3.8) is 0 Å². The van der Waals surface area contributed by atoms with Crippen LogP contribution in [0.3, 0.4) is 0 Å². The van der Waals surface area contributed by atoms with Crippen LogP contribution in [0.5, 0.6) is 0 Å². The van der Waals surface area contributed by atoms with Crippen LogP contribution < -0.4 is 10.2 Å². The Kier molecular flexibility index (Phi) is 6.29. The summed E-state index contributed by atoms with van der Waals surface area (Å²) in [4.78, 5) is 33.0. The Labute approximate surface area is 144 Å². The number of carboxylic acid groups (broad SMARTS) is 2. The quantitative estimate of drug-likeness (QED) is 0.548. The third kappa shape index (κ3) is 4.90. The number of carbonyl (C=O) groups is 2. The smallest absolute Gasteiger partial charge is 0.326 e. The maximum atomic E-state index is 11.0. The Hall–Kier alpha value is -2.68. The van der Waals surface area contributed by atoms with E-state index in [1.807, 2.05) is 0 Å². The van der Waals surface area contributed by atoms with E-state index >= 15 is 0 Å². The van der Waals surface area contributed by atoms with Gasteiger partial charge in [-0.1, -0.05) is 0 Å². The molecule has 9 nitrogen and oxygen atoms in total. The molecule has 0 aromatic heterocycles. The predicted molar refractivity (Wildman–Crippen MR) is 89.8 cm³/mol. The summed E-state index contributed by atoms with van der Waals surface area (Å²) in [5.74, 6) is -1.57. The zero-order valence-electron chi connectivity index (χ0n) is 13.6. The number of carboxylic acids is 2. The summed E-state index contributed by atoms with van der Waals surface area (Å²) in [6, 6.07) is 5.20. The highest BCUT2D eigenvalue weighted by Gasteiger charge is 2.30. The van der Waals surface area contributed by atoms with Crippen LogP contribution in [-0.2, 0) is 9.59 Å². The van der Waals surface area contributed by atoms with Gasteiger partial charge >= 0.3 is 11.9 Å². The fourth-order valence-electron chi connectivity index (χ4n) is 2.99. The molecule has 9 heteroatoms. The van der Waals surface area contributed by atoms with Crippen molar-refractivity contribution in [2.45, 2.75) is 37.8 Å². The highest BCUT2D eigenvalue weighted by Crippen LogP contribution is 2.27. The van der Waals surface area contributed by atoms with E-state index in [0.29, 0.717) is 13.0 Å². The summed E-state index contributed by atoms with van der Waals surface area (Å²) >= 11 is 0. The first-order valence-corrected chi connectivity index (χ1v) is 8.10. The van der Waals surface area contributed by atoms with Gasteiger partial charge < -0.3 is 20.4 Å². The number of aliphatic carboxylic acids is 2. The molecule has 2 fully saturated rings. The SMILES string of the molecule is O=C(O)[C@@H]1CCCN1.O=C(O)[C@H]1CCCN1c1ccc([N+](=O)[O-])cc1. The number of non-ortho nitro benzene ring substituents is 1. The maximum absolute atomic E-state index is 11.0. The van der Waals surface area contributed by atoms with Crippen LogP contribution in [0.1, 0.15) is 25.7 Å². The van der Waals surface area contributed by atoms with E-state index in [2.05, 4.69) is 5.32 Å². The normalized spacial score (nSPS) is 22.2. The first kappa shape index (κ1) is 18.7. The van der Waals surface area contributed by atoms with E-state index in [1.54, 1.807) is 17.0 Å². The lowest BCUT2D eigenvalue weighted by atomic mass is 10.2. The third-order valence-electron chi connectivity index (χ3n) is 4.29. The van der Waals surface area contributed by atoms with E-state index in [1.165, 1.54) is 12.1 Å². The summed E-state index contributed by atoms with van der Waals surface area (Å²) in [7, 11) is 0. The van der Waals surface area contributed by atoms with Crippen LogP contribution in [0.15, 0.2) is 24.3 Å². The molecule has 0 bridgehead atoms. The van der Waals surface area contributed by atoms with E-state index in [-0.39, 0.29) is 11.7 Å². The van der Waals surface area contributed by atoms with E-state index < -0.39 is 22.9 Å². The molecular weight excluding hydrogens is 330 g/mol. The lowest BCUT2D eigenvalue weighted by Gasteiger charge is -2.23. The molecule has 3 rings (SSSR count). The zero-order chi connectivity index (χ0) is 18.4. The largest absolute Gasteiger partial charge is 0.480 e. The van der Waals surface area contributed by atoms with Crippen LogP contribution in [-0.4, -0.2) is 52.2 Å². The van der Waals surface area contributed by atoms with Gasteiger partial charge in [0, 0.05) is 24.4 Å². The molecule has 0 amide bonds. The number of rotatable bonds is 4. The predicted octanol–water partition coefficient (Wildman–Crippen LogP) is 1.47. The zero-order valence-corrected chi connectivity index (χ0v) is 13.6. The van der Waals surface area contributed by atoms with Gasteiger partial charge in [-0.15, -0.1) is 0 Å². The van der Waals surface area contributed by atoms with Gasteiger partial charge in [0.2, 0.25) is 0 Å². The van der Waals surface area contributed by atoms with Crippen LogP contribution in [0.25, 0.3) is 0 Å². The number of nitrogens with zero attached hydrogens (tertiary/aromatic N) is 2. The molecule has 0 spiro atoms. The summed E-state index contributed by atoms with van der Waals surface area (Å²) in [5.41, 5.74) is 0.736. The molecule has 2 heterocycles. The van der Waals surface area contributed by atoms with Gasteiger partial charge in [-0.2, -0.15) is 0 Å². The molecule has 2 aliphatic rings. The van der Waals surface area contributed by atoms with Gasteiger partial charge in [-0.05, 0) is 44.4 Å². The molecule has 3 N–H and O–H groups in total. The second-order valence-corrected chi connectivity index (χ2v) is 5.95. The number of nitro benzene ring substituents is 1.